The van der Waals surface area contributed by atoms with Crippen molar-refractivity contribution in [2.45, 2.75) is 31.7 Å². The zero-order chi connectivity index (χ0) is 12.1. The Morgan fingerprint density at radius 2 is 2.29 bits per heavy atom. The van der Waals surface area contributed by atoms with Crippen molar-refractivity contribution in [3.05, 3.63) is 18.2 Å². The smallest absolute Gasteiger partial charge is 0.109 e. The molecule has 1 N–H and O–H groups in total. The number of aryl methyl sites for hydroxylation is 1. The fraction of sp³-hybridized carbons (Fsp3) is 0.769. The Morgan fingerprint density at radius 1 is 1.41 bits per heavy atom. The molecule has 4 heteroatoms. The summed E-state index contributed by atoms with van der Waals surface area (Å²) in [6.07, 6.45) is 8.97. The molecule has 2 heterocycles. The van der Waals surface area contributed by atoms with Gasteiger partial charge in [-0.15, -0.1) is 0 Å². The van der Waals surface area contributed by atoms with Crippen molar-refractivity contribution in [1.82, 2.24) is 19.8 Å². The van der Waals surface area contributed by atoms with Crippen LogP contribution >= 0.6 is 0 Å². The van der Waals surface area contributed by atoms with Crippen LogP contribution in [0.25, 0.3) is 0 Å². The van der Waals surface area contributed by atoms with E-state index in [2.05, 4.69) is 33.9 Å². The lowest BCUT2D eigenvalue weighted by atomic mass is 10.0. The number of imidazole rings is 1. The van der Waals surface area contributed by atoms with Gasteiger partial charge in [0.2, 0.25) is 0 Å². The van der Waals surface area contributed by atoms with Crippen molar-refractivity contribution in [1.29, 1.82) is 0 Å². The Labute approximate surface area is 104 Å². The number of rotatable bonds is 5. The van der Waals surface area contributed by atoms with Crippen molar-refractivity contribution >= 4 is 0 Å². The van der Waals surface area contributed by atoms with Crippen LogP contribution in [0, 0.1) is 0 Å². The quantitative estimate of drug-likeness (QED) is 0.775. The Bertz CT molecular complexity index is 334. The summed E-state index contributed by atoms with van der Waals surface area (Å²) in [6, 6.07) is 0.727. The molecule has 0 saturated carbocycles. The van der Waals surface area contributed by atoms with E-state index >= 15 is 0 Å². The average molecular weight is 236 g/mol. The molecule has 96 valence electrons. The van der Waals surface area contributed by atoms with E-state index in [1.165, 1.54) is 25.8 Å². The second-order valence-corrected chi connectivity index (χ2v) is 5.04. The molecular formula is C13H24N4. The largest absolute Gasteiger partial charge is 0.338 e. The molecule has 0 spiro atoms. The Hall–Kier alpha value is -0.870. The van der Waals surface area contributed by atoms with Gasteiger partial charge in [-0.25, -0.2) is 4.98 Å². The molecule has 0 aliphatic carbocycles. The predicted molar refractivity (Wildman–Crippen MR) is 70.1 cm³/mol. The van der Waals surface area contributed by atoms with Crippen LogP contribution < -0.4 is 5.32 Å². The number of nitrogens with zero attached hydrogens (tertiary/aromatic N) is 3. The fourth-order valence-corrected chi connectivity index (χ4v) is 2.51. The van der Waals surface area contributed by atoms with E-state index in [0.717, 1.165) is 31.4 Å². The molecule has 1 aliphatic heterocycles. The molecule has 4 nitrogen and oxygen atoms in total. The SMILES string of the molecule is CN1CCCCC1CNCCc1nccn1C. The molecule has 1 aromatic heterocycles. The highest BCUT2D eigenvalue weighted by molar-refractivity contribution is 4.91. The normalized spacial score (nSPS) is 21.9. The number of aromatic nitrogens is 2. The molecule has 1 atom stereocenters. The van der Waals surface area contributed by atoms with Crippen molar-refractivity contribution < 1.29 is 0 Å². The van der Waals surface area contributed by atoms with Crippen molar-refractivity contribution in [3.8, 4) is 0 Å². The number of nitrogens with one attached hydrogen (secondary N) is 1. The van der Waals surface area contributed by atoms with Crippen molar-refractivity contribution in [3.63, 3.8) is 0 Å². The van der Waals surface area contributed by atoms with Crippen LogP contribution in [0.15, 0.2) is 12.4 Å². The first-order chi connectivity index (χ1) is 8.27. The van der Waals surface area contributed by atoms with Gasteiger partial charge in [0.15, 0.2) is 0 Å². The highest BCUT2D eigenvalue weighted by atomic mass is 15.2. The van der Waals surface area contributed by atoms with Gasteiger partial charge < -0.3 is 14.8 Å². The van der Waals surface area contributed by atoms with Gasteiger partial charge in [0.25, 0.3) is 0 Å². The Balaban J connectivity index is 1.64. The maximum absolute atomic E-state index is 4.33. The summed E-state index contributed by atoms with van der Waals surface area (Å²) in [6.45, 7) is 3.39. The summed E-state index contributed by atoms with van der Waals surface area (Å²) in [5, 5.41) is 3.56. The molecular weight excluding hydrogens is 212 g/mol. The molecule has 1 fully saturated rings. The summed E-state index contributed by atoms with van der Waals surface area (Å²) in [5.41, 5.74) is 0. The Morgan fingerprint density at radius 3 is 3.00 bits per heavy atom. The third-order valence-electron chi connectivity index (χ3n) is 3.75. The van der Waals surface area contributed by atoms with E-state index in [1.54, 1.807) is 0 Å². The first-order valence-electron chi connectivity index (χ1n) is 6.64. The molecule has 1 saturated heterocycles. The number of hydrogen-bond acceptors (Lipinski definition) is 3. The molecule has 0 bridgehead atoms. The number of likely N-dealkylation sites (N-methyl/N-ethyl adjacent to an activating group) is 1. The number of likely N-dealkylation sites (tertiary alicyclic amines) is 1. The number of piperidine rings is 1. The summed E-state index contributed by atoms with van der Waals surface area (Å²) in [7, 11) is 4.29. The van der Waals surface area contributed by atoms with E-state index in [-0.39, 0.29) is 0 Å². The van der Waals surface area contributed by atoms with Gasteiger partial charge in [0.05, 0.1) is 0 Å². The number of hydrogen-bond donors (Lipinski definition) is 1. The summed E-state index contributed by atoms with van der Waals surface area (Å²) >= 11 is 0. The lowest BCUT2D eigenvalue weighted by Gasteiger charge is -2.32. The van der Waals surface area contributed by atoms with E-state index in [1.807, 2.05) is 12.4 Å². The summed E-state index contributed by atoms with van der Waals surface area (Å²) < 4.78 is 2.09. The molecule has 1 unspecified atom stereocenters. The predicted octanol–water partition coefficient (Wildman–Crippen LogP) is 1.04. The first-order valence-corrected chi connectivity index (χ1v) is 6.64. The average Bonchev–Trinajstić information content (AvgIpc) is 2.73. The van der Waals surface area contributed by atoms with Crippen LogP contribution in [-0.2, 0) is 13.5 Å². The van der Waals surface area contributed by atoms with Crippen LogP contribution in [-0.4, -0.2) is 47.2 Å². The van der Waals surface area contributed by atoms with Crippen molar-refractivity contribution in [2.75, 3.05) is 26.7 Å². The van der Waals surface area contributed by atoms with E-state index in [4.69, 9.17) is 0 Å². The monoisotopic (exact) mass is 236 g/mol. The maximum Gasteiger partial charge on any atom is 0.109 e. The highest BCUT2D eigenvalue weighted by Gasteiger charge is 2.17. The van der Waals surface area contributed by atoms with Crippen LogP contribution in [0.5, 0.6) is 0 Å². The minimum Gasteiger partial charge on any atom is -0.338 e. The van der Waals surface area contributed by atoms with E-state index in [0.29, 0.717) is 0 Å². The first kappa shape index (κ1) is 12.6. The Kier molecular flexibility index (Phi) is 4.57. The minimum absolute atomic E-state index is 0.727. The molecule has 0 amide bonds. The minimum atomic E-state index is 0.727. The lowest BCUT2D eigenvalue weighted by molar-refractivity contribution is 0.182. The molecule has 2 rings (SSSR count). The second kappa shape index (κ2) is 6.17. The standard InChI is InChI=1S/C13H24N4/c1-16-9-4-3-5-12(16)11-14-7-6-13-15-8-10-17(13)2/h8,10,12,14H,3-7,9,11H2,1-2H3. The van der Waals surface area contributed by atoms with Gasteiger partial charge in [-0.1, -0.05) is 6.42 Å². The second-order valence-electron chi connectivity index (χ2n) is 5.04. The topological polar surface area (TPSA) is 33.1 Å². The molecule has 0 aromatic carbocycles. The zero-order valence-electron chi connectivity index (χ0n) is 11.0. The lowest BCUT2D eigenvalue weighted by Crippen LogP contribution is -2.43. The van der Waals surface area contributed by atoms with Gasteiger partial charge in [0.1, 0.15) is 5.82 Å². The van der Waals surface area contributed by atoms with Gasteiger partial charge in [-0.2, -0.15) is 0 Å². The highest BCUT2D eigenvalue weighted by Crippen LogP contribution is 2.13. The van der Waals surface area contributed by atoms with Gasteiger partial charge in [-0.3, -0.25) is 0 Å². The van der Waals surface area contributed by atoms with Crippen LogP contribution in [0.2, 0.25) is 0 Å². The molecule has 1 aromatic rings. The fourth-order valence-electron chi connectivity index (χ4n) is 2.51. The summed E-state index contributed by atoms with van der Waals surface area (Å²) in [4.78, 5) is 6.81. The zero-order valence-corrected chi connectivity index (χ0v) is 11.0. The molecule has 17 heavy (non-hydrogen) atoms. The third-order valence-corrected chi connectivity index (χ3v) is 3.75. The van der Waals surface area contributed by atoms with Crippen molar-refractivity contribution in [2.24, 2.45) is 7.05 Å². The molecule has 1 aliphatic rings. The summed E-state index contributed by atoms with van der Waals surface area (Å²) in [5.74, 6) is 1.16. The van der Waals surface area contributed by atoms with Crippen LogP contribution in [0.3, 0.4) is 0 Å². The van der Waals surface area contributed by atoms with E-state index < -0.39 is 0 Å². The van der Waals surface area contributed by atoms with Gasteiger partial charge in [0, 0.05) is 45.0 Å². The van der Waals surface area contributed by atoms with Gasteiger partial charge >= 0.3 is 0 Å². The maximum atomic E-state index is 4.33. The van der Waals surface area contributed by atoms with Crippen LogP contribution in [0.4, 0.5) is 0 Å². The molecule has 0 radical (unpaired) electrons. The van der Waals surface area contributed by atoms with E-state index in [9.17, 15) is 0 Å². The third kappa shape index (κ3) is 3.54. The van der Waals surface area contributed by atoms with Crippen LogP contribution in [0.1, 0.15) is 25.1 Å². The van der Waals surface area contributed by atoms with Gasteiger partial charge in [-0.05, 0) is 26.4 Å².